The van der Waals surface area contributed by atoms with Crippen molar-refractivity contribution in [1.82, 2.24) is 15.1 Å². The Balaban J connectivity index is 1.40. The number of amides is 1. The maximum absolute atomic E-state index is 15.8. The van der Waals surface area contributed by atoms with Crippen molar-refractivity contribution in [1.29, 1.82) is 0 Å². The van der Waals surface area contributed by atoms with E-state index in [0.717, 1.165) is 51.3 Å². The zero-order chi connectivity index (χ0) is 29.0. The maximum atomic E-state index is 15.8. The molecule has 0 spiro atoms. The summed E-state index contributed by atoms with van der Waals surface area (Å²) in [5.74, 6) is 0.208. The van der Waals surface area contributed by atoms with Crippen molar-refractivity contribution in [2.45, 2.75) is 39.0 Å². The van der Waals surface area contributed by atoms with Crippen LogP contribution in [-0.2, 0) is 16.6 Å². The molecule has 9 nitrogen and oxygen atoms in total. The molecule has 0 unspecified atom stereocenters. The van der Waals surface area contributed by atoms with Crippen LogP contribution in [0.1, 0.15) is 48.7 Å². The minimum absolute atomic E-state index is 0.00921. The number of ether oxygens (including phenoxy) is 2. The molecule has 3 heterocycles. The number of nitrogens with zero attached hydrogens (tertiary/aromatic N) is 3. The Hall–Kier alpha value is -4.02. The number of nitrogens with one attached hydrogen (secondary N) is 1. The molecule has 1 aliphatic rings. The molecule has 5 rings (SSSR count). The number of hydrogen-bond acceptors (Lipinski definition) is 8. The lowest BCUT2D eigenvalue weighted by Crippen LogP contribution is -2.36. The van der Waals surface area contributed by atoms with Gasteiger partial charge in [0.1, 0.15) is 11.6 Å². The summed E-state index contributed by atoms with van der Waals surface area (Å²) in [4.78, 5) is 15.9. The molecule has 41 heavy (non-hydrogen) atoms. The van der Waals surface area contributed by atoms with Gasteiger partial charge in [-0.15, -0.1) is 10.2 Å². The second-order valence-corrected chi connectivity index (χ2v) is 11.1. The summed E-state index contributed by atoms with van der Waals surface area (Å²) < 4.78 is 37.9. The second kappa shape index (κ2) is 12.2. The summed E-state index contributed by atoms with van der Waals surface area (Å²) in [6.45, 7) is 10.0. The molecule has 0 saturated carbocycles. The maximum Gasteiger partial charge on any atom is 0.283 e. The van der Waals surface area contributed by atoms with Crippen molar-refractivity contribution in [3.8, 4) is 28.9 Å². The average Bonchev–Trinajstić information content (AvgIpc) is 3.67. The van der Waals surface area contributed by atoms with Gasteiger partial charge >= 0.3 is 0 Å². The third-order valence-corrected chi connectivity index (χ3v) is 7.08. The Labute approximate surface area is 238 Å². The van der Waals surface area contributed by atoms with Crippen LogP contribution in [-0.4, -0.2) is 61.0 Å². The van der Waals surface area contributed by atoms with Crippen LogP contribution in [0, 0.1) is 5.82 Å². The number of carbonyl (C=O) groups excluding carboxylic acids is 1. The van der Waals surface area contributed by atoms with E-state index in [9.17, 15) is 4.79 Å². The SMILES string of the molecule is COc1ccc(CCCN2CCOCC2)cc1C(=O)Nc1cc(-c2nnc(-c3ccco3)o2)cc(C(C)(C)C)c1F. The van der Waals surface area contributed by atoms with Gasteiger partial charge < -0.3 is 23.6 Å². The second-order valence-electron chi connectivity index (χ2n) is 11.1. The van der Waals surface area contributed by atoms with Crippen LogP contribution in [0.25, 0.3) is 23.1 Å². The molecule has 1 amide bonds. The number of hydrogen-bond donors (Lipinski definition) is 1. The molecule has 4 aromatic rings. The Morgan fingerprint density at radius 3 is 2.59 bits per heavy atom. The van der Waals surface area contributed by atoms with Crippen molar-refractivity contribution in [3.05, 3.63) is 71.2 Å². The number of rotatable bonds is 9. The molecule has 1 N–H and O–H groups in total. The van der Waals surface area contributed by atoms with Crippen molar-refractivity contribution < 1.29 is 27.5 Å². The smallest absolute Gasteiger partial charge is 0.283 e. The quantitative estimate of drug-likeness (QED) is 0.267. The molecule has 1 saturated heterocycles. The fourth-order valence-corrected chi connectivity index (χ4v) is 4.83. The van der Waals surface area contributed by atoms with E-state index in [0.29, 0.717) is 28.2 Å². The highest BCUT2D eigenvalue weighted by atomic mass is 19.1. The van der Waals surface area contributed by atoms with E-state index in [2.05, 4.69) is 20.4 Å². The molecular weight excluding hydrogens is 527 g/mol. The van der Waals surface area contributed by atoms with Gasteiger partial charge in [0.05, 0.1) is 37.8 Å². The highest BCUT2D eigenvalue weighted by Crippen LogP contribution is 2.35. The van der Waals surface area contributed by atoms with Gasteiger partial charge in [-0.2, -0.15) is 0 Å². The van der Waals surface area contributed by atoms with Crippen LogP contribution in [0.5, 0.6) is 5.75 Å². The normalized spacial score (nSPS) is 14.3. The number of anilines is 1. The van der Waals surface area contributed by atoms with Crippen molar-refractivity contribution in [2.75, 3.05) is 45.3 Å². The molecule has 0 atom stereocenters. The van der Waals surface area contributed by atoms with Gasteiger partial charge in [-0.05, 0) is 72.3 Å². The molecular formula is C31H35FN4O5. The molecule has 1 fully saturated rings. The molecule has 2 aromatic carbocycles. The lowest BCUT2D eigenvalue weighted by Gasteiger charge is -2.26. The first-order valence-corrected chi connectivity index (χ1v) is 13.7. The largest absolute Gasteiger partial charge is 0.496 e. The summed E-state index contributed by atoms with van der Waals surface area (Å²) in [5.41, 5.74) is 1.64. The first-order valence-electron chi connectivity index (χ1n) is 13.7. The summed E-state index contributed by atoms with van der Waals surface area (Å²) >= 11 is 0. The van der Waals surface area contributed by atoms with E-state index >= 15 is 4.39 Å². The zero-order valence-corrected chi connectivity index (χ0v) is 23.8. The first-order chi connectivity index (χ1) is 19.7. The average molecular weight is 563 g/mol. The number of benzene rings is 2. The van der Waals surface area contributed by atoms with Gasteiger partial charge in [-0.1, -0.05) is 26.8 Å². The monoisotopic (exact) mass is 562 g/mol. The zero-order valence-electron chi connectivity index (χ0n) is 23.8. The first kappa shape index (κ1) is 28.5. The van der Waals surface area contributed by atoms with E-state index in [1.165, 1.54) is 19.4 Å². The van der Waals surface area contributed by atoms with Crippen LogP contribution in [0.4, 0.5) is 10.1 Å². The van der Waals surface area contributed by atoms with Gasteiger partial charge in [-0.25, -0.2) is 4.39 Å². The number of carbonyl (C=O) groups is 1. The molecule has 2 aromatic heterocycles. The van der Waals surface area contributed by atoms with Crippen LogP contribution in [0.3, 0.4) is 0 Å². The van der Waals surface area contributed by atoms with Gasteiger partial charge in [0.15, 0.2) is 5.76 Å². The van der Waals surface area contributed by atoms with Gasteiger partial charge in [0.2, 0.25) is 5.89 Å². The predicted octanol–water partition coefficient (Wildman–Crippen LogP) is 5.96. The highest BCUT2D eigenvalue weighted by molar-refractivity contribution is 6.06. The van der Waals surface area contributed by atoms with E-state index in [1.54, 1.807) is 24.3 Å². The fraction of sp³-hybridized carbons (Fsp3) is 0.387. The molecule has 10 heteroatoms. The van der Waals surface area contributed by atoms with Crippen LogP contribution in [0.2, 0.25) is 0 Å². The van der Waals surface area contributed by atoms with Gasteiger partial charge in [-0.3, -0.25) is 9.69 Å². The number of methoxy groups -OCH3 is 1. The third kappa shape index (κ3) is 6.66. The minimum Gasteiger partial charge on any atom is -0.496 e. The molecule has 1 aliphatic heterocycles. The van der Waals surface area contributed by atoms with Crippen molar-refractivity contribution in [2.24, 2.45) is 0 Å². The Morgan fingerprint density at radius 1 is 1.10 bits per heavy atom. The standard InChI is InChI=1S/C31H35FN4O5/c1-31(2,3)23-18-21(29-34-35-30(41-29)26-8-6-14-40-26)19-24(27(23)32)33-28(37)22-17-20(9-10-25(22)38-4)7-5-11-36-12-15-39-16-13-36/h6,8-10,14,17-19H,5,7,11-13,15-16H2,1-4H3,(H,33,37). The molecule has 0 aliphatic carbocycles. The molecule has 0 radical (unpaired) electrons. The van der Waals surface area contributed by atoms with Gasteiger partial charge in [0, 0.05) is 18.7 Å². The fourth-order valence-electron chi connectivity index (χ4n) is 4.83. The third-order valence-electron chi connectivity index (χ3n) is 7.08. The van der Waals surface area contributed by atoms with E-state index in [1.807, 2.05) is 32.9 Å². The van der Waals surface area contributed by atoms with Gasteiger partial charge in [0.25, 0.3) is 11.8 Å². The minimum atomic E-state index is -0.568. The number of halogens is 1. The van der Waals surface area contributed by atoms with Crippen LogP contribution in [0.15, 0.2) is 57.6 Å². The Bertz CT molecular complexity index is 1490. The summed E-state index contributed by atoms with van der Waals surface area (Å²) in [6, 6.07) is 12.1. The lowest BCUT2D eigenvalue weighted by molar-refractivity contribution is 0.0374. The topological polar surface area (TPSA) is 103 Å². The lowest BCUT2D eigenvalue weighted by atomic mass is 9.85. The number of aromatic nitrogens is 2. The molecule has 216 valence electrons. The van der Waals surface area contributed by atoms with Crippen molar-refractivity contribution in [3.63, 3.8) is 0 Å². The van der Waals surface area contributed by atoms with Crippen LogP contribution < -0.4 is 10.1 Å². The number of morpholine rings is 1. The Morgan fingerprint density at radius 2 is 1.88 bits per heavy atom. The van der Waals surface area contributed by atoms with Crippen molar-refractivity contribution >= 4 is 11.6 Å². The number of aryl methyl sites for hydroxylation is 1. The Kier molecular flexibility index (Phi) is 8.51. The van der Waals surface area contributed by atoms with Crippen LogP contribution >= 0.6 is 0 Å². The highest BCUT2D eigenvalue weighted by Gasteiger charge is 2.26. The predicted molar refractivity (Wildman–Crippen MR) is 153 cm³/mol. The summed E-state index contributed by atoms with van der Waals surface area (Å²) in [6.07, 6.45) is 3.26. The molecule has 0 bridgehead atoms. The summed E-state index contributed by atoms with van der Waals surface area (Å²) in [5, 5.41) is 11.0. The van der Waals surface area contributed by atoms with E-state index in [-0.39, 0.29) is 17.5 Å². The summed E-state index contributed by atoms with van der Waals surface area (Å²) in [7, 11) is 1.51. The van der Waals surface area contributed by atoms with E-state index < -0.39 is 17.1 Å². The number of furan rings is 1. The van der Waals surface area contributed by atoms with E-state index in [4.69, 9.17) is 18.3 Å².